The summed E-state index contributed by atoms with van der Waals surface area (Å²) in [5.41, 5.74) is 0.741. The van der Waals surface area contributed by atoms with Crippen LogP contribution in [0, 0.1) is 0 Å². The fourth-order valence-corrected chi connectivity index (χ4v) is 1.59. The second-order valence-electron chi connectivity index (χ2n) is 3.53. The Morgan fingerprint density at radius 2 is 1.82 bits per heavy atom. The Hall–Kier alpha value is -1.75. The van der Waals surface area contributed by atoms with Crippen molar-refractivity contribution in [3.8, 4) is 0 Å². The van der Waals surface area contributed by atoms with Gasteiger partial charge in [0.25, 0.3) is 0 Å². The van der Waals surface area contributed by atoms with Crippen LogP contribution in [0.3, 0.4) is 0 Å². The number of carbonyl (C=O) groups is 2. The second-order valence-corrected chi connectivity index (χ2v) is 3.97. The molecule has 17 heavy (non-hydrogen) atoms. The van der Waals surface area contributed by atoms with Crippen molar-refractivity contribution in [2.75, 3.05) is 6.54 Å². The van der Waals surface area contributed by atoms with Crippen LogP contribution in [0.1, 0.15) is 17.9 Å². The highest BCUT2D eigenvalue weighted by atomic mass is 35.5. The highest BCUT2D eigenvalue weighted by Gasteiger charge is 2.16. The average molecular weight is 258 g/mol. The van der Waals surface area contributed by atoms with E-state index in [9.17, 15) is 9.59 Å². The van der Waals surface area contributed by atoms with E-state index in [4.69, 9.17) is 21.8 Å². The van der Waals surface area contributed by atoms with E-state index in [1.807, 2.05) is 0 Å². The number of hydrogen-bond acceptors (Lipinski definition) is 2. The number of aliphatic carboxylic acids is 1. The van der Waals surface area contributed by atoms with Gasteiger partial charge in [0, 0.05) is 17.5 Å². The van der Waals surface area contributed by atoms with Crippen molar-refractivity contribution < 1.29 is 19.8 Å². The standard InChI is InChI=1S/C11H12ClNO4/c12-9-3-1-7(2-4-9)8(5-10(14)15)6-13-11(16)17/h1-4,8,13H,5-6H2,(H,14,15)(H,16,17). The molecule has 92 valence electrons. The third kappa shape index (κ3) is 4.74. The zero-order valence-electron chi connectivity index (χ0n) is 8.89. The Morgan fingerprint density at radius 1 is 1.24 bits per heavy atom. The minimum absolute atomic E-state index is 0.0588. The van der Waals surface area contributed by atoms with Crippen LogP contribution < -0.4 is 5.32 Å². The van der Waals surface area contributed by atoms with Gasteiger partial charge in [0.05, 0.1) is 6.42 Å². The Bertz CT molecular complexity index is 404. The van der Waals surface area contributed by atoms with E-state index in [2.05, 4.69) is 5.32 Å². The first-order valence-corrected chi connectivity index (χ1v) is 5.31. The highest BCUT2D eigenvalue weighted by Crippen LogP contribution is 2.21. The van der Waals surface area contributed by atoms with Crippen LogP contribution >= 0.6 is 11.6 Å². The summed E-state index contributed by atoms with van der Waals surface area (Å²) in [5.74, 6) is -1.38. The third-order valence-corrected chi connectivity index (χ3v) is 2.51. The van der Waals surface area contributed by atoms with Crippen LogP contribution in [0.5, 0.6) is 0 Å². The lowest BCUT2D eigenvalue weighted by molar-refractivity contribution is -0.137. The number of hydrogen-bond donors (Lipinski definition) is 3. The minimum atomic E-state index is -1.17. The summed E-state index contributed by atoms with van der Waals surface area (Å²) in [4.78, 5) is 21.1. The molecule has 0 aliphatic heterocycles. The molecule has 0 radical (unpaired) electrons. The van der Waals surface area contributed by atoms with Crippen molar-refractivity contribution in [3.05, 3.63) is 34.9 Å². The van der Waals surface area contributed by atoms with Crippen molar-refractivity contribution in [3.63, 3.8) is 0 Å². The van der Waals surface area contributed by atoms with Crippen molar-refractivity contribution in [1.29, 1.82) is 0 Å². The van der Waals surface area contributed by atoms with Gasteiger partial charge < -0.3 is 15.5 Å². The molecule has 0 saturated carbocycles. The first-order chi connectivity index (χ1) is 7.99. The Morgan fingerprint density at radius 3 is 2.29 bits per heavy atom. The lowest BCUT2D eigenvalue weighted by atomic mass is 9.96. The molecule has 0 heterocycles. The number of nitrogens with one attached hydrogen (secondary N) is 1. The fourth-order valence-electron chi connectivity index (χ4n) is 1.46. The summed E-state index contributed by atoms with van der Waals surface area (Å²) in [7, 11) is 0. The molecule has 1 aromatic carbocycles. The van der Waals surface area contributed by atoms with Gasteiger partial charge in [-0.25, -0.2) is 4.79 Å². The largest absolute Gasteiger partial charge is 0.481 e. The molecule has 0 bridgehead atoms. The Balaban J connectivity index is 2.77. The molecule has 6 heteroatoms. The van der Waals surface area contributed by atoms with Crippen LogP contribution in [0.25, 0.3) is 0 Å². The average Bonchev–Trinajstić information content (AvgIpc) is 2.25. The molecule has 0 spiro atoms. The van der Waals surface area contributed by atoms with Crippen LogP contribution in [0.2, 0.25) is 5.02 Å². The normalized spacial score (nSPS) is 11.8. The van der Waals surface area contributed by atoms with Gasteiger partial charge in [-0.3, -0.25) is 4.79 Å². The molecule has 0 aliphatic carbocycles. The topological polar surface area (TPSA) is 86.6 Å². The van der Waals surface area contributed by atoms with Gasteiger partial charge in [-0.2, -0.15) is 0 Å². The molecule has 1 unspecified atom stereocenters. The number of carboxylic acids is 1. The summed E-state index contributed by atoms with van der Waals surface area (Å²) in [5, 5.41) is 20.0. The number of benzene rings is 1. The maximum absolute atomic E-state index is 10.7. The molecule has 5 nitrogen and oxygen atoms in total. The van der Waals surface area contributed by atoms with Gasteiger partial charge >= 0.3 is 12.1 Å². The van der Waals surface area contributed by atoms with E-state index in [1.165, 1.54) is 0 Å². The molecule has 1 atom stereocenters. The number of halogens is 1. The van der Waals surface area contributed by atoms with Gasteiger partial charge in [0.15, 0.2) is 0 Å². The van der Waals surface area contributed by atoms with E-state index in [0.717, 1.165) is 5.56 Å². The fraction of sp³-hybridized carbons (Fsp3) is 0.273. The van der Waals surface area contributed by atoms with Gasteiger partial charge in [-0.15, -0.1) is 0 Å². The van der Waals surface area contributed by atoms with E-state index in [0.29, 0.717) is 5.02 Å². The van der Waals surface area contributed by atoms with Gasteiger partial charge in [0.2, 0.25) is 0 Å². The number of rotatable bonds is 5. The Kier molecular flexibility index (Phi) is 4.78. The van der Waals surface area contributed by atoms with E-state index in [1.54, 1.807) is 24.3 Å². The molecular formula is C11H12ClNO4. The van der Waals surface area contributed by atoms with Gasteiger partial charge in [-0.1, -0.05) is 23.7 Å². The third-order valence-electron chi connectivity index (χ3n) is 2.26. The molecule has 1 rings (SSSR count). The monoisotopic (exact) mass is 257 g/mol. The molecule has 0 aromatic heterocycles. The molecule has 0 fully saturated rings. The van der Waals surface area contributed by atoms with E-state index < -0.39 is 18.0 Å². The van der Waals surface area contributed by atoms with Crippen LogP contribution in [-0.4, -0.2) is 28.8 Å². The molecule has 1 aromatic rings. The molecule has 0 aliphatic rings. The summed E-state index contributed by atoms with van der Waals surface area (Å²) in [6, 6.07) is 6.68. The zero-order chi connectivity index (χ0) is 12.8. The lowest BCUT2D eigenvalue weighted by Crippen LogP contribution is -2.27. The van der Waals surface area contributed by atoms with E-state index in [-0.39, 0.29) is 13.0 Å². The summed E-state index contributed by atoms with van der Waals surface area (Å²) >= 11 is 5.72. The van der Waals surface area contributed by atoms with Crippen molar-refractivity contribution in [2.45, 2.75) is 12.3 Å². The first-order valence-electron chi connectivity index (χ1n) is 4.93. The van der Waals surface area contributed by atoms with Crippen molar-refractivity contribution in [2.24, 2.45) is 0 Å². The molecule has 3 N–H and O–H groups in total. The quantitative estimate of drug-likeness (QED) is 0.754. The second kappa shape index (κ2) is 6.10. The van der Waals surface area contributed by atoms with Crippen LogP contribution in [-0.2, 0) is 4.79 Å². The smallest absolute Gasteiger partial charge is 0.404 e. The number of amides is 1. The number of carboxylic acid groups (broad SMARTS) is 2. The predicted molar refractivity (Wildman–Crippen MR) is 62.5 cm³/mol. The van der Waals surface area contributed by atoms with Crippen molar-refractivity contribution >= 4 is 23.7 Å². The van der Waals surface area contributed by atoms with Crippen LogP contribution in [0.4, 0.5) is 4.79 Å². The minimum Gasteiger partial charge on any atom is -0.481 e. The molecule has 1 amide bonds. The van der Waals surface area contributed by atoms with Crippen LogP contribution in [0.15, 0.2) is 24.3 Å². The van der Waals surface area contributed by atoms with Crippen molar-refractivity contribution in [1.82, 2.24) is 5.32 Å². The maximum Gasteiger partial charge on any atom is 0.404 e. The van der Waals surface area contributed by atoms with Gasteiger partial charge in [0.1, 0.15) is 0 Å². The first kappa shape index (κ1) is 13.3. The predicted octanol–water partition coefficient (Wildman–Crippen LogP) is 2.17. The Labute approximate surface area is 103 Å². The summed E-state index contributed by atoms with van der Waals surface area (Å²) in [6.45, 7) is 0.0588. The molecular weight excluding hydrogens is 246 g/mol. The zero-order valence-corrected chi connectivity index (χ0v) is 9.65. The lowest BCUT2D eigenvalue weighted by Gasteiger charge is -2.15. The highest BCUT2D eigenvalue weighted by molar-refractivity contribution is 6.30. The molecule has 0 saturated heterocycles. The maximum atomic E-state index is 10.7. The van der Waals surface area contributed by atoms with Gasteiger partial charge in [-0.05, 0) is 17.7 Å². The SMILES string of the molecule is O=C(O)CC(CNC(=O)O)c1ccc(Cl)cc1. The van der Waals surface area contributed by atoms with E-state index >= 15 is 0 Å². The summed E-state index contributed by atoms with van der Waals surface area (Å²) in [6.07, 6.45) is -1.31. The summed E-state index contributed by atoms with van der Waals surface area (Å²) < 4.78 is 0.